The first kappa shape index (κ1) is 29.8. The number of likely N-dealkylation sites (tertiary alicyclic amines) is 1. The Labute approximate surface area is 228 Å². The Balaban J connectivity index is 1.84. The molecule has 214 valence electrons. The van der Waals surface area contributed by atoms with Crippen LogP contribution in [0.15, 0.2) is 77.7 Å². The molecule has 4 rings (SSSR count). The van der Waals surface area contributed by atoms with Gasteiger partial charge in [-0.25, -0.2) is 17.2 Å². The zero-order chi connectivity index (χ0) is 29.7. The Morgan fingerprint density at radius 3 is 1.95 bits per heavy atom. The predicted molar refractivity (Wildman–Crippen MR) is 129 cm³/mol. The second-order valence-electron chi connectivity index (χ2n) is 9.17. The lowest BCUT2D eigenvalue weighted by Crippen LogP contribution is -2.50. The summed E-state index contributed by atoms with van der Waals surface area (Å²) < 4.78 is 133. The summed E-state index contributed by atoms with van der Waals surface area (Å²) in [5.41, 5.74) is -7.69. The number of rotatable bonds is 5. The van der Waals surface area contributed by atoms with Crippen LogP contribution in [0.5, 0.6) is 0 Å². The van der Waals surface area contributed by atoms with Gasteiger partial charge in [0.1, 0.15) is 10.6 Å². The van der Waals surface area contributed by atoms with Crippen LogP contribution in [-0.4, -0.2) is 44.7 Å². The molecule has 0 spiro atoms. The Kier molecular flexibility index (Phi) is 7.46. The van der Waals surface area contributed by atoms with Crippen LogP contribution in [0.25, 0.3) is 0 Å². The molecule has 0 N–H and O–H groups in total. The number of alkyl halides is 7. The third-order valence-electron chi connectivity index (χ3n) is 6.82. The van der Waals surface area contributed by atoms with E-state index in [-0.39, 0.29) is 41.2 Å². The van der Waals surface area contributed by atoms with Crippen molar-refractivity contribution >= 4 is 27.3 Å². The number of carbonyl (C=O) groups excluding carboxylic acids is 1. The van der Waals surface area contributed by atoms with Crippen molar-refractivity contribution in [3.63, 3.8) is 0 Å². The number of amides is 1. The molecular formula is C26H18ClF8NO3S. The van der Waals surface area contributed by atoms with E-state index in [0.29, 0.717) is 12.1 Å². The maximum Gasteiger partial charge on any atom is 0.435 e. The number of sulfone groups is 1. The summed E-state index contributed by atoms with van der Waals surface area (Å²) in [5, 5.41) is 0.217. The molecule has 1 amide bonds. The summed E-state index contributed by atoms with van der Waals surface area (Å²) in [6, 6.07) is 11.1. The molecule has 0 radical (unpaired) electrons. The number of halogens is 9. The Hall–Kier alpha value is -3.19. The van der Waals surface area contributed by atoms with Gasteiger partial charge in [-0.05, 0) is 54.4 Å². The van der Waals surface area contributed by atoms with Crippen molar-refractivity contribution in [3.05, 3.63) is 100 Å². The summed E-state index contributed by atoms with van der Waals surface area (Å²) >= 11 is 5.94. The zero-order valence-electron chi connectivity index (χ0n) is 20.0. The normalized spacial score (nSPS) is 18.7. The summed E-state index contributed by atoms with van der Waals surface area (Å²) in [6.07, 6.45) is -13.0. The van der Waals surface area contributed by atoms with Crippen LogP contribution < -0.4 is 0 Å². The van der Waals surface area contributed by atoms with E-state index < -0.39 is 61.3 Å². The van der Waals surface area contributed by atoms with Crippen LogP contribution in [0.4, 0.5) is 35.1 Å². The molecule has 1 aliphatic rings. The minimum Gasteiger partial charge on any atom is -0.337 e. The fraction of sp³-hybridized carbons (Fsp3) is 0.269. The predicted octanol–water partition coefficient (Wildman–Crippen LogP) is 6.98. The van der Waals surface area contributed by atoms with Gasteiger partial charge in [0.05, 0.1) is 4.90 Å². The van der Waals surface area contributed by atoms with E-state index in [1.807, 2.05) is 0 Å². The van der Waals surface area contributed by atoms with Crippen molar-refractivity contribution in [3.8, 4) is 0 Å². The van der Waals surface area contributed by atoms with Crippen LogP contribution in [0.1, 0.15) is 27.9 Å². The van der Waals surface area contributed by atoms with Crippen LogP contribution in [0, 0.1) is 5.82 Å². The lowest BCUT2D eigenvalue weighted by atomic mass is 9.90. The van der Waals surface area contributed by atoms with Crippen molar-refractivity contribution < 1.29 is 48.3 Å². The van der Waals surface area contributed by atoms with Gasteiger partial charge in [0.15, 0.2) is 9.84 Å². The highest BCUT2D eigenvalue weighted by atomic mass is 35.5. The smallest absolute Gasteiger partial charge is 0.337 e. The van der Waals surface area contributed by atoms with Gasteiger partial charge in [-0.1, -0.05) is 41.9 Å². The number of nitrogens with zero attached hydrogens (tertiary/aromatic N) is 1. The molecule has 1 heterocycles. The average molecular weight is 612 g/mol. The van der Waals surface area contributed by atoms with Crippen LogP contribution in [0.3, 0.4) is 0 Å². The lowest BCUT2D eigenvalue weighted by Gasteiger charge is -2.32. The topological polar surface area (TPSA) is 54.5 Å². The van der Waals surface area contributed by atoms with E-state index in [0.717, 1.165) is 29.2 Å². The zero-order valence-corrected chi connectivity index (χ0v) is 21.6. The quantitative estimate of drug-likeness (QED) is 0.231. The molecule has 1 fully saturated rings. The molecule has 0 aliphatic carbocycles. The molecule has 14 heteroatoms. The minimum absolute atomic E-state index is 0.107. The van der Waals surface area contributed by atoms with E-state index in [1.165, 1.54) is 24.3 Å². The van der Waals surface area contributed by atoms with Crippen LogP contribution >= 0.6 is 11.6 Å². The highest BCUT2D eigenvalue weighted by Gasteiger charge is 2.73. The van der Waals surface area contributed by atoms with Gasteiger partial charge >= 0.3 is 18.0 Å². The monoisotopic (exact) mass is 611 g/mol. The van der Waals surface area contributed by atoms with Gasteiger partial charge in [0.25, 0.3) is 5.91 Å². The fourth-order valence-electron chi connectivity index (χ4n) is 4.70. The van der Waals surface area contributed by atoms with Crippen molar-refractivity contribution in [1.82, 2.24) is 4.90 Å². The molecule has 0 saturated carbocycles. The van der Waals surface area contributed by atoms with Gasteiger partial charge in [-0.2, -0.15) is 26.3 Å². The maximum absolute atomic E-state index is 14.6. The van der Waals surface area contributed by atoms with Crippen molar-refractivity contribution in [2.24, 2.45) is 0 Å². The highest BCUT2D eigenvalue weighted by Crippen LogP contribution is 2.53. The minimum atomic E-state index is -6.36. The Bertz CT molecular complexity index is 1510. The number of hydrogen-bond acceptors (Lipinski definition) is 3. The number of benzene rings is 3. The van der Waals surface area contributed by atoms with E-state index in [9.17, 15) is 48.3 Å². The highest BCUT2D eigenvalue weighted by molar-refractivity contribution is 7.92. The van der Waals surface area contributed by atoms with Crippen LogP contribution in [0.2, 0.25) is 5.02 Å². The van der Waals surface area contributed by atoms with E-state index in [1.54, 1.807) is 0 Å². The Morgan fingerprint density at radius 2 is 1.43 bits per heavy atom. The molecule has 0 bridgehead atoms. The molecule has 0 unspecified atom stereocenters. The average Bonchev–Trinajstić information content (AvgIpc) is 3.34. The van der Waals surface area contributed by atoms with Crippen molar-refractivity contribution in [2.45, 2.75) is 34.1 Å². The van der Waals surface area contributed by atoms with Gasteiger partial charge in [0.2, 0.25) is 0 Å². The van der Waals surface area contributed by atoms with E-state index in [4.69, 9.17) is 11.6 Å². The maximum atomic E-state index is 14.6. The Morgan fingerprint density at radius 1 is 0.850 bits per heavy atom. The van der Waals surface area contributed by atoms with E-state index in [2.05, 4.69) is 0 Å². The molecule has 1 saturated heterocycles. The SMILES string of the molecule is O=C(c1cccc(Cl)c1)N1CC[C@](c2ccc(C(F)(C(F)(F)F)C(F)(F)F)cc2)(S(=O)(=O)c2ccc(F)cc2)C1. The molecule has 1 aliphatic heterocycles. The third kappa shape index (κ3) is 4.83. The van der Waals surface area contributed by atoms with Gasteiger partial charge < -0.3 is 4.90 Å². The largest absolute Gasteiger partial charge is 0.435 e. The van der Waals surface area contributed by atoms with Crippen molar-refractivity contribution in [1.29, 1.82) is 0 Å². The first-order chi connectivity index (χ1) is 18.4. The molecular weight excluding hydrogens is 594 g/mol. The number of carbonyl (C=O) groups is 1. The summed E-state index contributed by atoms with van der Waals surface area (Å²) in [4.78, 5) is 13.9. The van der Waals surface area contributed by atoms with Gasteiger partial charge in [-0.15, -0.1) is 0 Å². The summed E-state index contributed by atoms with van der Waals surface area (Å²) in [5.74, 6) is -1.40. The molecule has 40 heavy (non-hydrogen) atoms. The molecule has 3 aromatic carbocycles. The standard InChI is InChI=1S/C26H18ClF8NO3S/c27-19-3-1-2-16(14-19)22(37)36-13-12-23(15-36,40(38,39)21-10-8-20(28)9-11-21)17-4-6-18(7-5-17)24(29,25(30,31)32)26(33,34)35/h1-11,14H,12-13,15H2/t23-/m0/s1. The first-order valence-electron chi connectivity index (χ1n) is 11.4. The third-order valence-corrected chi connectivity index (χ3v) is 9.54. The summed E-state index contributed by atoms with van der Waals surface area (Å²) in [7, 11) is -4.56. The van der Waals surface area contributed by atoms with E-state index >= 15 is 0 Å². The van der Waals surface area contributed by atoms with Gasteiger partial charge in [0, 0.05) is 29.2 Å². The number of hydrogen-bond donors (Lipinski definition) is 0. The second kappa shape index (κ2) is 10.0. The molecule has 0 aromatic heterocycles. The second-order valence-corrected chi connectivity index (χ2v) is 11.9. The lowest BCUT2D eigenvalue weighted by molar-refractivity contribution is -0.348. The van der Waals surface area contributed by atoms with Crippen LogP contribution in [-0.2, 0) is 20.3 Å². The fourth-order valence-corrected chi connectivity index (χ4v) is 6.97. The van der Waals surface area contributed by atoms with Crippen molar-refractivity contribution in [2.75, 3.05) is 13.1 Å². The molecule has 1 atom stereocenters. The first-order valence-corrected chi connectivity index (χ1v) is 13.3. The molecule has 3 aromatic rings. The molecule has 4 nitrogen and oxygen atoms in total. The van der Waals surface area contributed by atoms with Gasteiger partial charge in [-0.3, -0.25) is 4.79 Å². The summed E-state index contributed by atoms with van der Waals surface area (Å²) in [6.45, 7) is -0.734.